The first-order valence-electron chi connectivity index (χ1n) is 11.4. The highest BCUT2D eigenvalue weighted by Crippen LogP contribution is 2.23. The molecule has 2 saturated heterocycles. The minimum absolute atomic E-state index is 0.0601. The van der Waals surface area contributed by atoms with E-state index in [2.05, 4.69) is 15.1 Å². The van der Waals surface area contributed by atoms with E-state index in [0.29, 0.717) is 31.7 Å². The van der Waals surface area contributed by atoms with Gasteiger partial charge in [-0.25, -0.2) is 8.42 Å². The summed E-state index contributed by atoms with van der Waals surface area (Å²) in [7, 11) is 0.0295. The third kappa shape index (κ3) is 5.48. The summed E-state index contributed by atoms with van der Waals surface area (Å²) in [6, 6.07) is 14.4. The van der Waals surface area contributed by atoms with Crippen molar-refractivity contribution in [2.75, 3.05) is 58.3 Å². The van der Waals surface area contributed by atoms with E-state index < -0.39 is 10.0 Å². The van der Waals surface area contributed by atoms with Crippen LogP contribution in [0.2, 0.25) is 0 Å². The molecule has 9 heteroatoms. The number of carbonyl (C=O) groups excluding carboxylic acids is 1. The van der Waals surface area contributed by atoms with Crippen molar-refractivity contribution < 1.29 is 17.9 Å². The molecule has 0 spiro atoms. The normalized spacial score (nSPS) is 18.8. The average molecular weight is 473 g/mol. The summed E-state index contributed by atoms with van der Waals surface area (Å²) in [5.74, 6) is 0.603. The van der Waals surface area contributed by atoms with Crippen LogP contribution in [0.5, 0.6) is 5.75 Å². The number of anilines is 1. The van der Waals surface area contributed by atoms with Crippen molar-refractivity contribution in [1.82, 2.24) is 14.5 Å². The minimum Gasteiger partial charge on any atom is -0.497 e. The molecule has 2 heterocycles. The smallest absolute Gasteiger partial charge is 0.251 e. The number of amides is 1. The lowest BCUT2D eigenvalue weighted by atomic mass is 10.0. The van der Waals surface area contributed by atoms with Crippen LogP contribution in [-0.2, 0) is 10.0 Å². The summed E-state index contributed by atoms with van der Waals surface area (Å²) in [6.07, 6.45) is 1.66. The van der Waals surface area contributed by atoms with Gasteiger partial charge in [0, 0.05) is 56.6 Å². The molecule has 0 unspecified atom stereocenters. The zero-order chi connectivity index (χ0) is 23.4. The lowest BCUT2D eigenvalue weighted by molar-refractivity contribution is 0.0931. The number of ether oxygens (including phenoxy) is 1. The van der Waals surface area contributed by atoms with E-state index in [1.165, 1.54) is 10.4 Å². The van der Waals surface area contributed by atoms with E-state index in [9.17, 15) is 13.2 Å². The molecule has 2 aliphatic rings. The number of likely N-dealkylation sites (N-methyl/N-ethyl adjacent to an activating group) is 1. The van der Waals surface area contributed by atoms with Crippen LogP contribution in [0.15, 0.2) is 53.4 Å². The Balaban J connectivity index is 1.35. The van der Waals surface area contributed by atoms with Gasteiger partial charge in [-0.15, -0.1) is 0 Å². The lowest BCUT2D eigenvalue weighted by Gasteiger charge is -2.34. The predicted octanol–water partition coefficient (Wildman–Crippen LogP) is 2.03. The van der Waals surface area contributed by atoms with Crippen molar-refractivity contribution >= 4 is 21.6 Å². The Hall–Kier alpha value is -2.62. The summed E-state index contributed by atoms with van der Waals surface area (Å²) < 4.78 is 32.8. The van der Waals surface area contributed by atoms with E-state index in [1.54, 1.807) is 25.3 Å². The van der Waals surface area contributed by atoms with Crippen LogP contribution >= 0.6 is 0 Å². The molecule has 0 saturated carbocycles. The van der Waals surface area contributed by atoms with Crippen molar-refractivity contribution in [2.24, 2.45) is 0 Å². The predicted molar refractivity (Wildman–Crippen MR) is 128 cm³/mol. The molecule has 8 nitrogen and oxygen atoms in total. The summed E-state index contributed by atoms with van der Waals surface area (Å²) in [4.78, 5) is 17.5. The summed E-state index contributed by atoms with van der Waals surface area (Å²) in [5, 5.41) is 3.09. The molecule has 33 heavy (non-hydrogen) atoms. The summed E-state index contributed by atoms with van der Waals surface area (Å²) in [6.45, 7) is 4.01. The quantitative estimate of drug-likeness (QED) is 0.693. The second-order valence-electron chi connectivity index (χ2n) is 8.67. The topological polar surface area (TPSA) is 82.2 Å². The fourth-order valence-electron chi connectivity index (χ4n) is 4.32. The largest absolute Gasteiger partial charge is 0.497 e. The lowest BCUT2D eigenvalue weighted by Crippen LogP contribution is -2.47. The van der Waals surface area contributed by atoms with Gasteiger partial charge in [0.1, 0.15) is 5.75 Å². The molecule has 0 radical (unpaired) electrons. The zero-order valence-corrected chi connectivity index (χ0v) is 20.1. The van der Waals surface area contributed by atoms with Crippen LogP contribution in [-0.4, -0.2) is 83.0 Å². The molecule has 2 aromatic carbocycles. The van der Waals surface area contributed by atoms with Gasteiger partial charge in [-0.3, -0.25) is 4.79 Å². The van der Waals surface area contributed by atoms with Gasteiger partial charge in [0.05, 0.1) is 12.0 Å². The molecule has 0 atom stereocenters. The molecule has 1 amide bonds. The highest BCUT2D eigenvalue weighted by atomic mass is 32.2. The Morgan fingerprint density at radius 2 is 1.64 bits per heavy atom. The van der Waals surface area contributed by atoms with E-state index in [1.807, 2.05) is 31.3 Å². The molecule has 0 bridgehead atoms. The first-order valence-corrected chi connectivity index (χ1v) is 12.8. The van der Waals surface area contributed by atoms with Gasteiger partial charge in [0.2, 0.25) is 10.0 Å². The van der Waals surface area contributed by atoms with Crippen molar-refractivity contribution in [3.05, 3.63) is 54.1 Å². The fraction of sp³-hybridized carbons (Fsp3) is 0.458. The van der Waals surface area contributed by atoms with Crippen molar-refractivity contribution in [3.8, 4) is 5.75 Å². The van der Waals surface area contributed by atoms with Crippen LogP contribution < -0.4 is 15.0 Å². The number of carbonyl (C=O) groups is 1. The number of piperazine rings is 1. The van der Waals surface area contributed by atoms with Gasteiger partial charge in [-0.2, -0.15) is 4.31 Å². The van der Waals surface area contributed by atoms with Gasteiger partial charge in [-0.1, -0.05) is 6.07 Å². The summed E-state index contributed by atoms with van der Waals surface area (Å²) in [5.41, 5.74) is 1.52. The minimum atomic E-state index is -3.61. The Kier molecular flexibility index (Phi) is 7.21. The van der Waals surface area contributed by atoms with E-state index in [4.69, 9.17) is 4.74 Å². The standard InChI is InChI=1S/C24H32N4O4S/c1-26-14-16-28(17-15-26)33(30,31)23-5-3-4-19(18-23)24(29)25-20-10-12-27(13-11-20)21-6-8-22(32-2)9-7-21/h3-9,18,20H,10-17H2,1-2H3,(H,25,29). The number of benzene rings is 2. The van der Waals surface area contributed by atoms with Crippen LogP contribution in [0.1, 0.15) is 23.2 Å². The number of nitrogens with zero attached hydrogens (tertiary/aromatic N) is 3. The first-order chi connectivity index (χ1) is 15.9. The Morgan fingerprint density at radius 3 is 2.27 bits per heavy atom. The highest BCUT2D eigenvalue weighted by molar-refractivity contribution is 7.89. The van der Waals surface area contributed by atoms with Gasteiger partial charge < -0.3 is 19.9 Å². The maximum atomic E-state index is 13.0. The van der Waals surface area contributed by atoms with Crippen LogP contribution in [0, 0.1) is 0 Å². The molecule has 2 fully saturated rings. The zero-order valence-electron chi connectivity index (χ0n) is 19.2. The van der Waals surface area contributed by atoms with Crippen LogP contribution in [0.3, 0.4) is 0 Å². The SMILES string of the molecule is COc1ccc(N2CCC(NC(=O)c3cccc(S(=O)(=O)N4CCN(C)CC4)c3)CC2)cc1. The van der Waals surface area contributed by atoms with E-state index in [0.717, 1.165) is 37.4 Å². The average Bonchev–Trinajstić information content (AvgIpc) is 2.85. The Labute approximate surface area is 196 Å². The molecule has 0 aromatic heterocycles. The molecule has 2 aromatic rings. The van der Waals surface area contributed by atoms with Crippen molar-refractivity contribution in [3.63, 3.8) is 0 Å². The second-order valence-corrected chi connectivity index (χ2v) is 10.6. The Bertz CT molecular complexity index is 1060. The molecular formula is C24H32N4O4S. The number of piperidine rings is 1. The number of hydrogen-bond acceptors (Lipinski definition) is 6. The van der Waals surface area contributed by atoms with Gasteiger partial charge in [-0.05, 0) is 62.4 Å². The molecule has 2 aliphatic heterocycles. The highest BCUT2D eigenvalue weighted by Gasteiger charge is 2.28. The second kappa shape index (κ2) is 10.1. The maximum absolute atomic E-state index is 13.0. The van der Waals surface area contributed by atoms with Crippen LogP contribution in [0.4, 0.5) is 5.69 Å². The number of nitrogens with one attached hydrogen (secondary N) is 1. The summed E-state index contributed by atoms with van der Waals surface area (Å²) >= 11 is 0. The number of methoxy groups -OCH3 is 1. The molecule has 0 aliphatic carbocycles. The molecule has 178 valence electrons. The maximum Gasteiger partial charge on any atom is 0.251 e. The Morgan fingerprint density at radius 1 is 0.970 bits per heavy atom. The van der Waals surface area contributed by atoms with E-state index in [-0.39, 0.29) is 16.8 Å². The van der Waals surface area contributed by atoms with E-state index >= 15 is 0 Å². The van der Waals surface area contributed by atoms with Crippen molar-refractivity contribution in [2.45, 2.75) is 23.8 Å². The van der Waals surface area contributed by atoms with Crippen LogP contribution in [0.25, 0.3) is 0 Å². The number of hydrogen-bond donors (Lipinski definition) is 1. The number of sulfonamides is 1. The van der Waals surface area contributed by atoms with Crippen molar-refractivity contribution in [1.29, 1.82) is 0 Å². The fourth-order valence-corrected chi connectivity index (χ4v) is 5.79. The monoisotopic (exact) mass is 472 g/mol. The molecule has 4 rings (SSSR count). The number of rotatable bonds is 6. The van der Waals surface area contributed by atoms with Gasteiger partial charge in [0.25, 0.3) is 5.91 Å². The third-order valence-electron chi connectivity index (χ3n) is 6.46. The first kappa shape index (κ1) is 23.5. The third-order valence-corrected chi connectivity index (χ3v) is 8.36. The van der Waals surface area contributed by atoms with Gasteiger partial charge >= 0.3 is 0 Å². The molecule has 1 N–H and O–H groups in total. The van der Waals surface area contributed by atoms with Gasteiger partial charge in [0.15, 0.2) is 0 Å². The molecular weight excluding hydrogens is 440 g/mol.